The number of rotatable bonds is 7. The molecule has 0 aromatic heterocycles. The number of carbonyl (C=O) groups is 1. The molecule has 2 N–H and O–H groups in total. The normalized spacial score (nSPS) is 17.5. The van der Waals surface area contributed by atoms with E-state index in [9.17, 15) is 9.90 Å². The SMILES string of the molecule is CC(C)C(NC(=O)N(Cc1ccccc1O)CC1CCCO1)c1ccccc1. The van der Waals surface area contributed by atoms with Gasteiger partial charge in [-0.3, -0.25) is 0 Å². The van der Waals surface area contributed by atoms with Gasteiger partial charge in [-0.05, 0) is 30.4 Å². The average Bonchev–Trinajstić information content (AvgIpc) is 3.20. The zero-order valence-electron chi connectivity index (χ0n) is 16.7. The van der Waals surface area contributed by atoms with E-state index in [1.54, 1.807) is 17.0 Å². The first kappa shape index (κ1) is 20.2. The minimum absolute atomic E-state index is 0.0471. The van der Waals surface area contributed by atoms with Crippen molar-refractivity contribution in [3.8, 4) is 5.75 Å². The highest BCUT2D eigenvalue weighted by Crippen LogP contribution is 2.24. The van der Waals surface area contributed by atoms with E-state index < -0.39 is 0 Å². The first-order valence-electron chi connectivity index (χ1n) is 10.0. The smallest absolute Gasteiger partial charge is 0.318 e. The van der Waals surface area contributed by atoms with Crippen LogP contribution in [0, 0.1) is 5.92 Å². The third-order valence-electron chi connectivity index (χ3n) is 5.19. The summed E-state index contributed by atoms with van der Waals surface area (Å²) >= 11 is 0. The summed E-state index contributed by atoms with van der Waals surface area (Å²) in [6.07, 6.45) is 2.03. The van der Waals surface area contributed by atoms with Gasteiger partial charge in [-0.25, -0.2) is 4.79 Å². The maximum absolute atomic E-state index is 13.2. The molecule has 5 nitrogen and oxygen atoms in total. The second-order valence-corrected chi connectivity index (χ2v) is 7.73. The largest absolute Gasteiger partial charge is 0.508 e. The van der Waals surface area contributed by atoms with Crippen molar-refractivity contribution in [3.63, 3.8) is 0 Å². The third-order valence-corrected chi connectivity index (χ3v) is 5.19. The van der Waals surface area contributed by atoms with Crippen LogP contribution in [0.5, 0.6) is 5.75 Å². The fourth-order valence-corrected chi connectivity index (χ4v) is 3.62. The number of phenolic OH excluding ortho intramolecular Hbond substituents is 1. The van der Waals surface area contributed by atoms with Gasteiger partial charge in [-0.2, -0.15) is 0 Å². The summed E-state index contributed by atoms with van der Waals surface area (Å²) in [5.74, 6) is 0.456. The molecule has 0 bridgehead atoms. The Balaban J connectivity index is 1.77. The van der Waals surface area contributed by atoms with Crippen LogP contribution in [0.4, 0.5) is 4.79 Å². The molecule has 0 aliphatic carbocycles. The van der Waals surface area contributed by atoms with E-state index in [0.717, 1.165) is 30.6 Å². The van der Waals surface area contributed by atoms with Crippen LogP contribution in [0.3, 0.4) is 0 Å². The van der Waals surface area contributed by atoms with Crippen LogP contribution >= 0.6 is 0 Å². The standard InChI is InChI=1S/C23H30N2O3/c1-17(2)22(18-9-4-3-5-10-18)24-23(27)25(16-20-12-8-14-28-20)15-19-11-6-7-13-21(19)26/h3-7,9-11,13,17,20,22,26H,8,12,14-16H2,1-2H3,(H,24,27). The molecule has 3 rings (SSSR count). The first-order valence-corrected chi connectivity index (χ1v) is 10.0. The highest BCUT2D eigenvalue weighted by Gasteiger charge is 2.26. The Kier molecular flexibility index (Phi) is 6.93. The number of urea groups is 1. The maximum Gasteiger partial charge on any atom is 0.318 e. The van der Waals surface area contributed by atoms with Crippen LogP contribution < -0.4 is 5.32 Å². The molecule has 5 heteroatoms. The topological polar surface area (TPSA) is 61.8 Å². The monoisotopic (exact) mass is 382 g/mol. The van der Waals surface area contributed by atoms with Gasteiger partial charge in [0.25, 0.3) is 0 Å². The molecule has 0 radical (unpaired) electrons. The first-order chi connectivity index (χ1) is 13.5. The summed E-state index contributed by atoms with van der Waals surface area (Å²) < 4.78 is 5.75. The van der Waals surface area contributed by atoms with Crippen molar-refractivity contribution in [1.82, 2.24) is 10.2 Å². The van der Waals surface area contributed by atoms with Crippen LogP contribution in [0.25, 0.3) is 0 Å². The lowest BCUT2D eigenvalue weighted by molar-refractivity contribution is 0.0783. The quantitative estimate of drug-likeness (QED) is 0.742. The highest BCUT2D eigenvalue weighted by molar-refractivity contribution is 5.75. The van der Waals surface area contributed by atoms with E-state index in [1.807, 2.05) is 42.5 Å². The Morgan fingerprint density at radius 1 is 1.18 bits per heavy atom. The summed E-state index contributed by atoms with van der Waals surface area (Å²) in [6, 6.07) is 17.0. The average molecular weight is 383 g/mol. The number of phenols is 1. The molecule has 2 atom stereocenters. The molecule has 1 fully saturated rings. The van der Waals surface area contributed by atoms with Crippen LogP contribution in [0.15, 0.2) is 54.6 Å². The van der Waals surface area contributed by atoms with Crippen LogP contribution in [0.1, 0.15) is 43.9 Å². The van der Waals surface area contributed by atoms with Crippen molar-refractivity contribution in [1.29, 1.82) is 0 Å². The van der Waals surface area contributed by atoms with Crippen LogP contribution in [-0.4, -0.2) is 35.3 Å². The number of nitrogens with zero attached hydrogens (tertiary/aromatic N) is 1. The second-order valence-electron chi connectivity index (χ2n) is 7.73. The second kappa shape index (κ2) is 9.60. The number of nitrogens with one attached hydrogen (secondary N) is 1. The van der Waals surface area contributed by atoms with Gasteiger partial charge in [0.15, 0.2) is 0 Å². The van der Waals surface area contributed by atoms with Crippen LogP contribution in [-0.2, 0) is 11.3 Å². The Bertz CT molecular complexity index is 757. The molecule has 0 spiro atoms. The Morgan fingerprint density at radius 2 is 1.89 bits per heavy atom. The summed E-state index contributed by atoms with van der Waals surface area (Å²) in [5, 5.41) is 13.4. The van der Waals surface area contributed by atoms with E-state index in [0.29, 0.717) is 13.1 Å². The van der Waals surface area contributed by atoms with Crippen molar-refractivity contribution >= 4 is 6.03 Å². The van der Waals surface area contributed by atoms with E-state index in [2.05, 4.69) is 19.2 Å². The van der Waals surface area contributed by atoms with Crippen molar-refractivity contribution < 1.29 is 14.6 Å². The van der Waals surface area contributed by atoms with Crippen molar-refractivity contribution in [2.45, 2.75) is 45.4 Å². The van der Waals surface area contributed by atoms with Crippen LogP contribution in [0.2, 0.25) is 0 Å². The van der Waals surface area contributed by atoms with Crippen molar-refractivity contribution in [2.24, 2.45) is 5.92 Å². The lowest BCUT2D eigenvalue weighted by atomic mass is 9.96. The van der Waals surface area contributed by atoms with Gasteiger partial charge >= 0.3 is 6.03 Å². The number of para-hydroxylation sites is 1. The molecule has 2 aromatic carbocycles. The van der Waals surface area contributed by atoms with E-state index in [1.165, 1.54) is 0 Å². The number of ether oxygens (including phenoxy) is 1. The molecule has 28 heavy (non-hydrogen) atoms. The molecular weight excluding hydrogens is 352 g/mol. The Labute approximate surface area is 167 Å². The van der Waals surface area contributed by atoms with Crippen molar-refractivity contribution in [2.75, 3.05) is 13.2 Å². The molecule has 0 saturated carbocycles. The number of benzene rings is 2. The molecule has 2 unspecified atom stereocenters. The molecular formula is C23H30N2O3. The molecule has 2 amide bonds. The molecule has 2 aromatic rings. The molecule has 1 heterocycles. The van der Waals surface area contributed by atoms with Gasteiger partial charge in [0.05, 0.1) is 18.7 Å². The minimum Gasteiger partial charge on any atom is -0.508 e. The molecule has 1 aliphatic rings. The van der Waals surface area contributed by atoms with E-state index in [4.69, 9.17) is 4.74 Å². The fraction of sp³-hybridized carbons (Fsp3) is 0.435. The summed E-state index contributed by atoms with van der Waals surface area (Å²) in [6.45, 7) is 5.81. The van der Waals surface area contributed by atoms with Gasteiger partial charge < -0.3 is 20.1 Å². The zero-order valence-corrected chi connectivity index (χ0v) is 16.7. The molecule has 1 aliphatic heterocycles. The van der Waals surface area contributed by atoms with Gasteiger partial charge in [0.2, 0.25) is 0 Å². The lowest BCUT2D eigenvalue weighted by Crippen LogP contribution is -2.45. The van der Waals surface area contributed by atoms with E-state index in [-0.39, 0.29) is 29.8 Å². The highest BCUT2D eigenvalue weighted by atomic mass is 16.5. The van der Waals surface area contributed by atoms with Gasteiger partial charge in [0.1, 0.15) is 5.75 Å². The fourth-order valence-electron chi connectivity index (χ4n) is 3.62. The predicted molar refractivity (Wildman–Crippen MR) is 110 cm³/mol. The maximum atomic E-state index is 13.2. The number of amides is 2. The molecule has 1 saturated heterocycles. The molecule has 150 valence electrons. The van der Waals surface area contributed by atoms with Gasteiger partial charge in [-0.1, -0.05) is 62.4 Å². The summed E-state index contributed by atoms with van der Waals surface area (Å²) in [4.78, 5) is 15.0. The van der Waals surface area contributed by atoms with Gasteiger partial charge in [-0.15, -0.1) is 0 Å². The summed E-state index contributed by atoms with van der Waals surface area (Å²) in [7, 11) is 0. The third kappa shape index (κ3) is 5.26. The zero-order chi connectivity index (χ0) is 19.9. The predicted octanol–water partition coefficient (Wildman–Crippen LogP) is 4.48. The lowest BCUT2D eigenvalue weighted by Gasteiger charge is -2.30. The van der Waals surface area contributed by atoms with Crippen molar-refractivity contribution in [3.05, 3.63) is 65.7 Å². The number of aromatic hydroxyl groups is 1. The Morgan fingerprint density at radius 3 is 2.54 bits per heavy atom. The number of hydrogen-bond acceptors (Lipinski definition) is 3. The van der Waals surface area contributed by atoms with Gasteiger partial charge in [0, 0.05) is 18.7 Å². The summed E-state index contributed by atoms with van der Waals surface area (Å²) in [5.41, 5.74) is 1.82. The van der Waals surface area contributed by atoms with E-state index >= 15 is 0 Å². The Hall–Kier alpha value is -2.53. The minimum atomic E-state index is -0.138. The number of hydrogen-bond donors (Lipinski definition) is 2. The number of carbonyl (C=O) groups excluding carboxylic acids is 1.